The average molecular weight is 741 g/mol. The number of nitrogens with two attached hydrogens (primary N) is 2. The topological polar surface area (TPSA) is 302 Å². The number of nitrogen functional groups attached to an aromatic ring is 2. The number of anilines is 1. The Bertz CT molecular complexity index is 2310. The maximum atomic E-state index is 11.2. The van der Waals surface area contributed by atoms with Crippen LogP contribution in [-0.2, 0) is 4.74 Å². The molecule has 0 radical (unpaired) electrons. The summed E-state index contributed by atoms with van der Waals surface area (Å²) in [6, 6.07) is 15.8. The zero-order chi connectivity index (χ0) is 39.9. The van der Waals surface area contributed by atoms with Gasteiger partial charge in [-0.3, -0.25) is 46.6 Å². The Morgan fingerprint density at radius 1 is 0.963 bits per heavy atom. The second kappa shape index (κ2) is 18.9. The lowest BCUT2D eigenvalue weighted by Gasteiger charge is -2.03. The van der Waals surface area contributed by atoms with Crippen LogP contribution < -0.4 is 21.4 Å². The van der Waals surface area contributed by atoms with Crippen LogP contribution in [0.5, 0.6) is 5.75 Å². The summed E-state index contributed by atoms with van der Waals surface area (Å²) in [6.07, 6.45) is 7.34. The lowest BCUT2D eigenvalue weighted by Crippen LogP contribution is -2.47. The third-order valence-corrected chi connectivity index (χ3v) is 6.71. The molecule has 1 aromatic carbocycles. The maximum Gasteiger partial charge on any atom is 0.346 e. The summed E-state index contributed by atoms with van der Waals surface area (Å²) in [6.45, 7) is 5.78. The predicted molar refractivity (Wildman–Crippen MR) is 189 cm³/mol. The Morgan fingerprint density at radius 2 is 1.63 bits per heavy atom. The number of aryl methyl sites for hydroxylation is 2. The van der Waals surface area contributed by atoms with Crippen LogP contribution in [0.2, 0.25) is 0 Å². The number of rotatable bonds is 7. The van der Waals surface area contributed by atoms with Crippen molar-refractivity contribution in [1.82, 2.24) is 24.6 Å². The Morgan fingerprint density at radius 3 is 2.20 bits per heavy atom. The highest BCUT2D eigenvalue weighted by Gasteiger charge is 2.17. The number of aromatic nitrogens is 6. The molecule has 0 fully saturated rings. The molecule has 0 saturated heterocycles. The van der Waals surface area contributed by atoms with Gasteiger partial charge in [-0.15, -0.1) is 9.77 Å². The number of pyridine rings is 4. The first kappa shape index (κ1) is 40.5. The molecule has 0 atom stereocenters. The van der Waals surface area contributed by atoms with Crippen LogP contribution in [-0.4, -0.2) is 64.4 Å². The summed E-state index contributed by atoms with van der Waals surface area (Å²) in [5.41, 5.74) is 8.28. The minimum atomic E-state index is -1.02. The van der Waals surface area contributed by atoms with Crippen molar-refractivity contribution in [2.24, 2.45) is 0 Å². The lowest BCUT2D eigenvalue weighted by atomic mass is 10.2. The van der Waals surface area contributed by atoms with Gasteiger partial charge in [-0.05, 0) is 75.1 Å². The number of aromatic carboxylic acids is 1. The van der Waals surface area contributed by atoms with Crippen molar-refractivity contribution in [3.05, 3.63) is 140 Å². The first-order chi connectivity index (χ1) is 25.7. The summed E-state index contributed by atoms with van der Waals surface area (Å²) < 4.78 is 7.42. The van der Waals surface area contributed by atoms with E-state index >= 15 is 0 Å². The number of benzene rings is 1. The van der Waals surface area contributed by atoms with E-state index in [1.165, 1.54) is 15.3 Å². The number of nitrogens with zero attached hydrogens (tertiary/aromatic N) is 8. The maximum absolute atomic E-state index is 11.2. The molecule has 5 aromatic heterocycles. The van der Waals surface area contributed by atoms with Crippen LogP contribution in [0.25, 0.3) is 17.0 Å². The van der Waals surface area contributed by atoms with Gasteiger partial charge < -0.3 is 14.9 Å². The number of fused-ring (bicyclic) bond motifs is 1. The van der Waals surface area contributed by atoms with E-state index in [2.05, 4.69) is 20.1 Å². The molecular formula is C34H32N10O10. The van der Waals surface area contributed by atoms with E-state index in [1.807, 2.05) is 19.9 Å². The van der Waals surface area contributed by atoms with Crippen LogP contribution in [0.15, 0.2) is 91.5 Å². The number of hydrogen-bond acceptors (Lipinski definition) is 15. The van der Waals surface area contributed by atoms with Crippen LogP contribution in [0.4, 0.5) is 17.2 Å². The van der Waals surface area contributed by atoms with Crippen LogP contribution in [0, 0.1) is 34.1 Å². The third kappa shape index (κ3) is 11.1. The number of carbonyl (C=O) groups excluding carboxylic acids is 2. The highest BCUT2D eigenvalue weighted by Crippen LogP contribution is 2.27. The zero-order valence-electron chi connectivity index (χ0n) is 28.8. The zero-order valence-corrected chi connectivity index (χ0v) is 28.8. The number of aldehydes is 1. The number of carboxylic acids is 1. The van der Waals surface area contributed by atoms with Crippen molar-refractivity contribution in [1.29, 1.82) is 0 Å². The fourth-order valence-corrected chi connectivity index (χ4v) is 4.20. The highest BCUT2D eigenvalue weighted by molar-refractivity contribution is 5.94. The highest BCUT2D eigenvalue weighted by atomic mass is 16.6. The van der Waals surface area contributed by atoms with Crippen molar-refractivity contribution in [3.8, 4) is 17.1 Å². The molecule has 0 unspecified atom stereocenters. The van der Waals surface area contributed by atoms with Crippen LogP contribution in [0.1, 0.15) is 49.4 Å². The number of esters is 1. The normalized spacial score (nSPS) is 9.91. The second-order valence-corrected chi connectivity index (χ2v) is 10.6. The van der Waals surface area contributed by atoms with E-state index in [0.717, 1.165) is 35.4 Å². The summed E-state index contributed by atoms with van der Waals surface area (Å²) in [5.74, 6) is 3.81. The van der Waals surface area contributed by atoms with Gasteiger partial charge in [0.15, 0.2) is 17.0 Å². The quantitative estimate of drug-likeness (QED) is 0.0529. The monoisotopic (exact) mass is 740 g/mol. The molecule has 20 nitrogen and oxygen atoms in total. The van der Waals surface area contributed by atoms with Crippen molar-refractivity contribution < 1.29 is 43.9 Å². The molecule has 20 heteroatoms. The summed E-state index contributed by atoms with van der Waals surface area (Å²) >= 11 is 0. The summed E-state index contributed by atoms with van der Waals surface area (Å²) in [7, 11) is 0. The molecule has 54 heavy (non-hydrogen) atoms. The number of nitro groups is 2. The molecular weight excluding hydrogens is 708 g/mol. The van der Waals surface area contributed by atoms with E-state index in [4.69, 9.17) is 21.4 Å². The number of nitro benzene ring substituents is 2. The number of carbonyl (C=O) groups is 3. The molecule has 0 saturated carbocycles. The number of carboxylic acid groups (broad SMARTS) is 1. The Labute approximate surface area is 305 Å². The van der Waals surface area contributed by atoms with E-state index in [0.29, 0.717) is 29.7 Å². The minimum absolute atomic E-state index is 0.132. The average Bonchev–Trinajstić information content (AvgIpc) is 3.58. The van der Waals surface area contributed by atoms with Gasteiger partial charge in [0.05, 0.1) is 22.5 Å². The number of non-ortho nitro benzene ring substituents is 1. The van der Waals surface area contributed by atoms with Gasteiger partial charge in [0.25, 0.3) is 11.4 Å². The standard InChI is InChI=1S/C13H10N4O2.C8H11N3O2.C7H7NO.C6H4N2O5/c1-8-7-9(4-5-14-8)11-15-12-10(13(18)19)3-2-6-17(12)16-11;1-2-13-8(12)6-4-3-5-11(10)7(6)9;1-6-4-7(5-9)2-3-8-6;9-6-2-1-4(7(10)11)3-5(6)8(12)13/h2-7H,1H3,(H,18,19);3-5,9H,2,10H2,1H3;2-5H,1H3;1-3,9H. The lowest BCUT2D eigenvalue weighted by molar-refractivity contribution is -0.623. The molecule has 6 aromatic rings. The molecule has 0 spiro atoms. The third-order valence-electron chi connectivity index (χ3n) is 6.71. The predicted octanol–water partition coefficient (Wildman–Crippen LogP) is 3.02. The summed E-state index contributed by atoms with van der Waals surface area (Å²) in [4.78, 5) is 63.4. The van der Waals surface area contributed by atoms with Crippen LogP contribution in [0.3, 0.4) is 0 Å². The molecule has 0 bridgehead atoms. The molecule has 6 rings (SSSR count). The van der Waals surface area contributed by atoms with Gasteiger partial charge in [-0.2, -0.15) is 0 Å². The van der Waals surface area contributed by atoms with E-state index in [-0.39, 0.29) is 16.9 Å². The van der Waals surface area contributed by atoms with Gasteiger partial charge in [0.2, 0.25) is 0 Å². The first-order valence-electron chi connectivity index (χ1n) is 15.4. The molecule has 0 aliphatic heterocycles. The van der Waals surface area contributed by atoms with Crippen molar-refractivity contribution >= 4 is 41.1 Å². The van der Waals surface area contributed by atoms with Crippen LogP contribution >= 0.6 is 0 Å². The Hall–Kier alpha value is -7.90. The largest absolute Gasteiger partial charge is 0.868 e. The molecule has 5 N–H and O–H groups in total. The van der Waals surface area contributed by atoms with Gasteiger partial charge in [-0.1, -0.05) is 6.07 Å². The van der Waals surface area contributed by atoms with Gasteiger partial charge in [-0.25, -0.2) is 19.1 Å². The molecule has 278 valence electrons. The second-order valence-electron chi connectivity index (χ2n) is 10.6. The van der Waals surface area contributed by atoms with Gasteiger partial charge in [0.1, 0.15) is 18.0 Å². The summed E-state index contributed by atoms with van der Waals surface area (Å²) in [5, 5.41) is 44.5. The van der Waals surface area contributed by atoms with Gasteiger partial charge in [0, 0.05) is 47.2 Å². The first-order valence-corrected chi connectivity index (χ1v) is 15.4. The molecule has 0 aliphatic rings. The van der Waals surface area contributed by atoms with Crippen molar-refractivity contribution in [2.75, 3.05) is 18.2 Å². The fourth-order valence-electron chi connectivity index (χ4n) is 4.20. The Balaban J connectivity index is 0.000000201. The Kier molecular flexibility index (Phi) is 14.2. The van der Waals surface area contributed by atoms with E-state index in [9.17, 15) is 39.7 Å². The molecule has 5 heterocycles. The SMILES string of the molecule is CCOC(=O)c1ccc[n+](N)c1N.Cc1cc(-c2nc3c(C(=O)O)cccn3n2)ccn1.Cc1cc(C=O)ccn1.O=[N+]([O-])c1ccc([O-])c([N+](=O)[O-])c1. The smallest absolute Gasteiger partial charge is 0.346 e. The van der Waals surface area contributed by atoms with E-state index < -0.39 is 38.9 Å². The number of ether oxygens (including phenoxy) is 1. The minimum Gasteiger partial charge on any atom is -0.868 e. The van der Waals surface area contributed by atoms with E-state index in [1.54, 1.807) is 68.1 Å². The van der Waals surface area contributed by atoms with Crippen molar-refractivity contribution in [3.63, 3.8) is 0 Å². The van der Waals surface area contributed by atoms with Crippen molar-refractivity contribution in [2.45, 2.75) is 20.8 Å². The fraction of sp³-hybridized carbons (Fsp3) is 0.118. The number of hydrogen-bond donors (Lipinski definition) is 3. The van der Waals surface area contributed by atoms with Gasteiger partial charge >= 0.3 is 17.8 Å². The molecule has 0 aliphatic carbocycles. The molecule has 0 amide bonds.